The van der Waals surface area contributed by atoms with E-state index < -0.39 is 12.1 Å². The average Bonchev–Trinajstić information content (AvgIpc) is 2.63. The zero-order valence-electron chi connectivity index (χ0n) is 15.0. The summed E-state index contributed by atoms with van der Waals surface area (Å²) in [6.07, 6.45) is 7.08. The summed E-state index contributed by atoms with van der Waals surface area (Å²) in [7, 11) is 1.62. The van der Waals surface area contributed by atoms with E-state index in [1.807, 2.05) is 12.1 Å². The van der Waals surface area contributed by atoms with Crippen LogP contribution in [0.3, 0.4) is 0 Å². The highest BCUT2D eigenvalue weighted by atomic mass is 16.5. The van der Waals surface area contributed by atoms with Crippen LogP contribution in [0.15, 0.2) is 35.9 Å². The van der Waals surface area contributed by atoms with Crippen molar-refractivity contribution in [2.75, 3.05) is 13.7 Å². The van der Waals surface area contributed by atoms with E-state index in [1.54, 1.807) is 26.2 Å². The van der Waals surface area contributed by atoms with Crippen molar-refractivity contribution < 1.29 is 19.1 Å². The first kappa shape index (κ1) is 19.2. The number of carbonyl (C=O) groups excluding carboxylic acids is 2. The molecule has 0 unspecified atom stereocenters. The second-order valence-electron chi connectivity index (χ2n) is 6.33. The molecular formula is C20H27NO4. The van der Waals surface area contributed by atoms with Gasteiger partial charge in [0.2, 0.25) is 0 Å². The number of allylic oxidation sites excluding steroid dienone is 1. The van der Waals surface area contributed by atoms with Gasteiger partial charge in [-0.1, -0.05) is 23.8 Å². The highest BCUT2D eigenvalue weighted by molar-refractivity contribution is 5.92. The summed E-state index contributed by atoms with van der Waals surface area (Å²) in [5.74, 6) is -0.762. The maximum Gasteiger partial charge on any atom is 0.338 e. The van der Waals surface area contributed by atoms with E-state index in [4.69, 9.17) is 9.47 Å². The number of ether oxygens (including phenoxy) is 2. The van der Waals surface area contributed by atoms with Gasteiger partial charge in [0, 0.05) is 13.7 Å². The highest BCUT2D eigenvalue weighted by Crippen LogP contribution is 2.19. The molecule has 1 amide bonds. The van der Waals surface area contributed by atoms with Gasteiger partial charge in [0.15, 0.2) is 6.10 Å². The Labute approximate surface area is 149 Å². The monoisotopic (exact) mass is 345 g/mol. The lowest BCUT2D eigenvalue weighted by Crippen LogP contribution is -2.36. The minimum Gasteiger partial charge on any atom is -0.449 e. The van der Waals surface area contributed by atoms with Crippen molar-refractivity contribution in [2.45, 2.75) is 51.7 Å². The van der Waals surface area contributed by atoms with Crippen LogP contribution in [0.2, 0.25) is 0 Å². The Kier molecular flexibility index (Phi) is 7.67. The Hall–Kier alpha value is -2.14. The summed E-state index contributed by atoms with van der Waals surface area (Å²) in [6, 6.07) is 6.97. The molecule has 1 aromatic carbocycles. The van der Waals surface area contributed by atoms with Gasteiger partial charge in [0.25, 0.3) is 5.91 Å². The lowest BCUT2D eigenvalue weighted by molar-refractivity contribution is -0.129. The average molecular weight is 345 g/mol. The van der Waals surface area contributed by atoms with Crippen LogP contribution in [0, 0.1) is 0 Å². The molecule has 0 bridgehead atoms. The number of methoxy groups -OCH3 is 1. The lowest BCUT2D eigenvalue weighted by atomic mass is 9.97. The molecule has 0 saturated heterocycles. The van der Waals surface area contributed by atoms with Crippen molar-refractivity contribution in [3.05, 3.63) is 47.0 Å². The number of amides is 1. The van der Waals surface area contributed by atoms with E-state index in [-0.39, 0.29) is 5.91 Å². The third-order valence-corrected chi connectivity index (χ3v) is 4.28. The molecule has 1 aliphatic rings. The van der Waals surface area contributed by atoms with Crippen LogP contribution in [0.1, 0.15) is 54.9 Å². The quantitative estimate of drug-likeness (QED) is 0.579. The molecule has 25 heavy (non-hydrogen) atoms. The predicted octanol–water partition coefficient (Wildman–Crippen LogP) is 3.39. The normalized spacial score (nSPS) is 15.2. The zero-order valence-corrected chi connectivity index (χ0v) is 15.0. The van der Waals surface area contributed by atoms with Crippen LogP contribution in [-0.2, 0) is 20.9 Å². The molecule has 0 radical (unpaired) electrons. The first-order valence-corrected chi connectivity index (χ1v) is 8.84. The zero-order chi connectivity index (χ0) is 18.1. The largest absolute Gasteiger partial charge is 0.449 e. The van der Waals surface area contributed by atoms with E-state index in [0.29, 0.717) is 18.7 Å². The molecule has 1 atom stereocenters. The minimum atomic E-state index is -0.813. The van der Waals surface area contributed by atoms with E-state index in [1.165, 1.54) is 18.4 Å². The molecule has 5 heteroatoms. The highest BCUT2D eigenvalue weighted by Gasteiger charge is 2.18. The van der Waals surface area contributed by atoms with Crippen LogP contribution >= 0.6 is 0 Å². The van der Waals surface area contributed by atoms with Crippen LogP contribution in [0.5, 0.6) is 0 Å². The fourth-order valence-corrected chi connectivity index (χ4v) is 2.81. The number of benzene rings is 1. The second kappa shape index (κ2) is 9.99. The molecular weight excluding hydrogens is 318 g/mol. The maximum atomic E-state index is 12.1. The van der Waals surface area contributed by atoms with Gasteiger partial charge >= 0.3 is 5.97 Å². The third kappa shape index (κ3) is 6.35. The molecule has 1 aromatic rings. The Balaban J connectivity index is 1.75. The molecule has 0 aliphatic heterocycles. The van der Waals surface area contributed by atoms with Gasteiger partial charge < -0.3 is 14.8 Å². The summed E-state index contributed by atoms with van der Waals surface area (Å²) in [6.45, 7) is 2.66. The van der Waals surface area contributed by atoms with Gasteiger partial charge in [0.1, 0.15) is 0 Å². The minimum absolute atomic E-state index is 0.263. The van der Waals surface area contributed by atoms with E-state index >= 15 is 0 Å². The van der Waals surface area contributed by atoms with Gasteiger partial charge in [-0.25, -0.2) is 4.79 Å². The number of esters is 1. The number of nitrogens with one attached hydrogen (secondary N) is 1. The molecule has 0 fully saturated rings. The van der Waals surface area contributed by atoms with E-state index in [0.717, 1.165) is 24.8 Å². The van der Waals surface area contributed by atoms with Gasteiger partial charge in [-0.05, 0) is 56.7 Å². The van der Waals surface area contributed by atoms with Crippen molar-refractivity contribution >= 4 is 11.9 Å². The van der Waals surface area contributed by atoms with Crippen molar-refractivity contribution in [3.63, 3.8) is 0 Å². The van der Waals surface area contributed by atoms with Crippen LogP contribution in [0.25, 0.3) is 0 Å². The SMILES string of the molecule is COCc1ccc(C(=O)O[C@H](C)C(=O)NCCC2=CCCCC2)cc1. The topological polar surface area (TPSA) is 64.6 Å². The summed E-state index contributed by atoms with van der Waals surface area (Å²) in [4.78, 5) is 24.2. The number of carbonyl (C=O) groups is 2. The molecule has 0 aromatic heterocycles. The summed E-state index contributed by atoms with van der Waals surface area (Å²) in [5.41, 5.74) is 2.81. The van der Waals surface area contributed by atoms with Crippen LogP contribution in [0.4, 0.5) is 0 Å². The Morgan fingerprint density at radius 1 is 1.20 bits per heavy atom. The molecule has 0 spiro atoms. The maximum absolute atomic E-state index is 12.1. The van der Waals surface area contributed by atoms with Crippen molar-refractivity contribution in [2.24, 2.45) is 0 Å². The molecule has 1 aliphatic carbocycles. The molecule has 0 heterocycles. The van der Waals surface area contributed by atoms with Gasteiger partial charge in [-0.15, -0.1) is 0 Å². The molecule has 5 nitrogen and oxygen atoms in total. The second-order valence-corrected chi connectivity index (χ2v) is 6.33. The molecule has 0 saturated carbocycles. The number of rotatable bonds is 8. The van der Waals surface area contributed by atoms with Gasteiger partial charge in [-0.3, -0.25) is 4.79 Å². The van der Waals surface area contributed by atoms with E-state index in [2.05, 4.69) is 11.4 Å². The van der Waals surface area contributed by atoms with Crippen molar-refractivity contribution in [1.29, 1.82) is 0 Å². The molecule has 136 valence electrons. The van der Waals surface area contributed by atoms with Gasteiger partial charge in [0.05, 0.1) is 12.2 Å². The summed E-state index contributed by atoms with van der Waals surface area (Å²) in [5, 5.41) is 2.84. The number of hydrogen-bond donors (Lipinski definition) is 1. The smallest absolute Gasteiger partial charge is 0.338 e. The van der Waals surface area contributed by atoms with Crippen molar-refractivity contribution in [3.8, 4) is 0 Å². The van der Waals surface area contributed by atoms with Crippen LogP contribution in [-0.4, -0.2) is 31.6 Å². The Morgan fingerprint density at radius 2 is 1.96 bits per heavy atom. The lowest BCUT2D eigenvalue weighted by Gasteiger charge is -2.15. The fourth-order valence-electron chi connectivity index (χ4n) is 2.81. The summed E-state index contributed by atoms with van der Waals surface area (Å²) >= 11 is 0. The molecule has 1 N–H and O–H groups in total. The standard InChI is InChI=1S/C20H27NO4/c1-15(19(22)21-13-12-16-6-4-3-5-7-16)25-20(23)18-10-8-17(9-11-18)14-24-2/h6,8-11,15H,3-5,7,12-14H2,1-2H3,(H,21,22)/t15-/m1/s1. The third-order valence-electron chi connectivity index (χ3n) is 4.28. The van der Waals surface area contributed by atoms with Crippen molar-refractivity contribution in [1.82, 2.24) is 5.32 Å². The summed E-state index contributed by atoms with van der Waals surface area (Å²) < 4.78 is 10.3. The first-order valence-electron chi connectivity index (χ1n) is 8.84. The first-order chi connectivity index (χ1) is 12.1. The fraction of sp³-hybridized carbons (Fsp3) is 0.500. The Bertz CT molecular complexity index is 607. The van der Waals surface area contributed by atoms with E-state index in [9.17, 15) is 9.59 Å². The van der Waals surface area contributed by atoms with Crippen LogP contribution < -0.4 is 5.32 Å². The molecule has 2 rings (SSSR count). The number of hydrogen-bond acceptors (Lipinski definition) is 4. The Morgan fingerprint density at radius 3 is 2.60 bits per heavy atom. The van der Waals surface area contributed by atoms with Gasteiger partial charge in [-0.2, -0.15) is 0 Å². The predicted molar refractivity (Wildman–Crippen MR) is 96.2 cm³/mol.